The van der Waals surface area contributed by atoms with Gasteiger partial charge in [-0.1, -0.05) is 11.6 Å². The molecule has 0 amide bonds. The van der Waals surface area contributed by atoms with Crippen LogP contribution >= 0.6 is 11.6 Å². The maximum atomic E-state index is 5.78. The quantitative estimate of drug-likeness (QED) is 0.667. The summed E-state index contributed by atoms with van der Waals surface area (Å²) >= 11 is 5.78. The fraction of sp³-hybridized carbons (Fsp3) is 0.385. The van der Waals surface area contributed by atoms with Gasteiger partial charge in [0.15, 0.2) is 0 Å². The lowest BCUT2D eigenvalue weighted by Crippen LogP contribution is -2.03. The van der Waals surface area contributed by atoms with E-state index in [4.69, 9.17) is 17.3 Å². The molecule has 2 aromatic heterocycles. The van der Waals surface area contributed by atoms with Crippen molar-refractivity contribution in [3.63, 3.8) is 0 Å². The monoisotopic (exact) mass is 264 g/mol. The molecule has 0 atom stereocenters. The average Bonchev–Trinajstić information content (AvgIpc) is 2.73. The highest BCUT2D eigenvalue weighted by Gasteiger charge is 2.08. The summed E-state index contributed by atoms with van der Waals surface area (Å²) in [5.41, 5.74) is 7.58. The molecule has 0 aromatic carbocycles. The summed E-state index contributed by atoms with van der Waals surface area (Å²) < 4.78 is 2.10. The third-order valence-electron chi connectivity index (χ3n) is 2.96. The Hall–Kier alpha value is -1.39. The largest absolute Gasteiger partial charge is 0.331 e. The predicted molar refractivity (Wildman–Crippen MR) is 73.4 cm³/mol. The molecule has 0 aliphatic heterocycles. The Kier molecular flexibility index (Phi) is 4.33. The highest BCUT2D eigenvalue weighted by atomic mass is 35.5. The van der Waals surface area contributed by atoms with Gasteiger partial charge in [-0.3, -0.25) is 0 Å². The number of nitrogens with two attached hydrogens (primary N) is 1. The topological polar surface area (TPSA) is 56.7 Å². The number of nitrogens with zero attached hydrogens (tertiary/aromatic N) is 3. The van der Waals surface area contributed by atoms with Crippen LogP contribution in [0.15, 0.2) is 24.5 Å². The second-order valence-electron chi connectivity index (χ2n) is 4.23. The Labute approximate surface area is 112 Å². The van der Waals surface area contributed by atoms with E-state index >= 15 is 0 Å². The fourth-order valence-corrected chi connectivity index (χ4v) is 2.01. The third-order valence-corrected chi connectivity index (χ3v) is 3.19. The maximum Gasteiger partial charge on any atom is 0.129 e. The summed E-state index contributed by atoms with van der Waals surface area (Å²) in [6.45, 7) is 0.735. The Morgan fingerprint density at radius 1 is 1.22 bits per heavy atom. The molecule has 0 aliphatic rings. The van der Waals surface area contributed by atoms with Crippen LogP contribution in [0.1, 0.15) is 18.7 Å². The lowest BCUT2D eigenvalue weighted by atomic mass is 10.2. The van der Waals surface area contributed by atoms with E-state index in [-0.39, 0.29) is 0 Å². The van der Waals surface area contributed by atoms with Crippen LogP contribution in [-0.2, 0) is 13.5 Å². The normalized spacial score (nSPS) is 10.8. The number of hydrogen-bond acceptors (Lipinski definition) is 3. The van der Waals surface area contributed by atoms with Crippen LogP contribution in [0, 0.1) is 0 Å². The molecule has 0 radical (unpaired) electrons. The standard InChI is InChI=1S/C13H17ClN4/c1-18-11(10-5-6-12(14)16-8-10)9-17-13(18)4-2-3-7-15/h5-6,8-9H,2-4,7,15H2,1H3. The van der Waals surface area contributed by atoms with Gasteiger partial charge in [-0.15, -0.1) is 0 Å². The Morgan fingerprint density at radius 3 is 2.72 bits per heavy atom. The second kappa shape index (κ2) is 5.98. The first kappa shape index (κ1) is 13.1. The van der Waals surface area contributed by atoms with Crippen LogP contribution in [0.2, 0.25) is 5.15 Å². The van der Waals surface area contributed by atoms with Crippen molar-refractivity contribution >= 4 is 11.6 Å². The van der Waals surface area contributed by atoms with Gasteiger partial charge < -0.3 is 10.3 Å². The van der Waals surface area contributed by atoms with Gasteiger partial charge in [0.25, 0.3) is 0 Å². The molecular weight excluding hydrogens is 248 g/mol. The molecule has 18 heavy (non-hydrogen) atoms. The Bertz CT molecular complexity index is 504. The van der Waals surface area contributed by atoms with E-state index in [9.17, 15) is 0 Å². The number of rotatable bonds is 5. The zero-order valence-electron chi connectivity index (χ0n) is 10.4. The molecule has 2 heterocycles. The maximum absolute atomic E-state index is 5.78. The first-order chi connectivity index (χ1) is 8.72. The minimum absolute atomic E-state index is 0.504. The van der Waals surface area contributed by atoms with Crippen molar-refractivity contribution in [1.29, 1.82) is 0 Å². The summed E-state index contributed by atoms with van der Waals surface area (Å²) in [6, 6.07) is 3.74. The van der Waals surface area contributed by atoms with E-state index in [2.05, 4.69) is 14.5 Å². The minimum Gasteiger partial charge on any atom is -0.331 e. The number of halogens is 1. The van der Waals surface area contributed by atoms with Crippen LogP contribution in [0.5, 0.6) is 0 Å². The molecular formula is C13H17ClN4. The highest BCUT2D eigenvalue weighted by Crippen LogP contribution is 2.20. The number of pyridine rings is 1. The van der Waals surface area contributed by atoms with Crippen molar-refractivity contribution in [2.24, 2.45) is 12.8 Å². The average molecular weight is 265 g/mol. The first-order valence-corrected chi connectivity index (χ1v) is 6.42. The molecule has 0 spiro atoms. The number of unbranched alkanes of at least 4 members (excludes halogenated alkanes) is 1. The molecule has 0 bridgehead atoms. The number of imidazole rings is 1. The minimum atomic E-state index is 0.504. The van der Waals surface area contributed by atoms with Gasteiger partial charge in [0.1, 0.15) is 11.0 Å². The predicted octanol–water partition coefficient (Wildman–Crippen LogP) is 2.42. The van der Waals surface area contributed by atoms with Crippen LogP contribution in [0.25, 0.3) is 11.3 Å². The molecule has 4 nitrogen and oxygen atoms in total. The highest BCUT2D eigenvalue weighted by molar-refractivity contribution is 6.29. The van der Waals surface area contributed by atoms with E-state index in [0.29, 0.717) is 5.15 Å². The molecule has 0 fully saturated rings. The van der Waals surface area contributed by atoms with Crippen molar-refractivity contribution < 1.29 is 0 Å². The summed E-state index contributed by atoms with van der Waals surface area (Å²) in [5, 5.41) is 0.504. The fourth-order valence-electron chi connectivity index (χ4n) is 1.90. The number of hydrogen-bond donors (Lipinski definition) is 1. The van der Waals surface area contributed by atoms with Crippen LogP contribution in [0.4, 0.5) is 0 Å². The molecule has 0 saturated carbocycles. The summed E-state index contributed by atoms with van der Waals surface area (Å²) in [5.74, 6) is 1.08. The molecule has 2 aromatic rings. The summed E-state index contributed by atoms with van der Waals surface area (Å²) in [6.07, 6.45) is 6.70. The molecule has 0 saturated heterocycles. The smallest absolute Gasteiger partial charge is 0.129 e. The number of aromatic nitrogens is 3. The van der Waals surface area contributed by atoms with Crippen molar-refractivity contribution in [3.05, 3.63) is 35.5 Å². The lowest BCUT2D eigenvalue weighted by molar-refractivity contribution is 0.690. The summed E-state index contributed by atoms with van der Waals surface area (Å²) in [4.78, 5) is 8.54. The van der Waals surface area contributed by atoms with Gasteiger partial charge in [-0.2, -0.15) is 0 Å². The summed E-state index contributed by atoms with van der Waals surface area (Å²) in [7, 11) is 2.02. The molecule has 5 heteroatoms. The van der Waals surface area contributed by atoms with Crippen molar-refractivity contribution in [3.8, 4) is 11.3 Å². The molecule has 2 rings (SSSR count). The SMILES string of the molecule is Cn1c(-c2ccc(Cl)nc2)cnc1CCCCN. The zero-order valence-corrected chi connectivity index (χ0v) is 11.2. The molecule has 0 aliphatic carbocycles. The van der Waals surface area contributed by atoms with E-state index in [1.54, 1.807) is 12.3 Å². The zero-order chi connectivity index (χ0) is 13.0. The number of aryl methyl sites for hydroxylation is 1. The van der Waals surface area contributed by atoms with Crippen LogP contribution in [0.3, 0.4) is 0 Å². The molecule has 2 N–H and O–H groups in total. The Balaban J connectivity index is 2.17. The van der Waals surface area contributed by atoms with E-state index in [1.165, 1.54) is 0 Å². The van der Waals surface area contributed by atoms with Gasteiger partial charge in [-0.25, -0.2) is 9.97 Å². The van der Waals surface area contributed by atoms with E-state index in [0.717, 1.165) is 42.9 Å². The Morgan fingerprint density at radius 2 is 2.06 bits per heavy atom. The van der Waals surface area contributed by atoms with Gasteiger partial charge in [-0.05, 0) is 31.5 Å². The van der Waals surface area contributed by atoms with Gasteiger partial charge in [0.2, 0.25) is 0 Å². The van der Waals surface area contributed by atoms with E-state index in [1.807, 2.05) is 19.3 Å². The van der Waals surface area contributed by atoms with E-state index < -0.39 is 0 Å². The molecule has 96 valence electrons. The van der Waals surface area contributed by atoms with Crippen LogP contribution < -0.4 is 5.73 Å². The van der Waals surface area contributed by atoms with Gasteiger partial charge in [0.05, 0.1) is 11.9 Å². The lowest BCUT2D eigenvalue weighted by Gasteiger charge is -2.05. The van der Waals surface area contributed by atoms with Crippen molar-refractivity contribution in [1.82, 2.24) is 14.5 Å². The van der Waals surface area contributed by atoms with Gasteiger partial charge in [0, 0.05) is 25.2 Å². The first-order valence-electron chi connectivity index (χ1n) is 6.05. The van der Waals surface area contributed by atoms with Crippen LogP contribution in [-0.4, -0.2) is 21.1 Å². The van der Waals surface area contributed by atoms with Crippen molar-refractivity contribution in [2.45, 2.75) is 19.3 Å². The van der Waals surface area contributed by atoms with Gasteiger partial charge >= 0.3 is 0 Å². The molecule has 0 unspecified atom stereocenters. The van der Waals surface area contributed by atoms with Crippen molar-refractivity contribution in [2.75, 3.05) is 6.54 Å². The third kappa shape index (κ3) is 2.89. The second-order valence-corrected chi connectivity index (χ2v) is 4.62.